The summed E-state index contributed by atoms with van der Waals surface area (Å²) in [4.78, 5) is 9.90. The largest absolute Gasteiger partial charge is 0.465 e. The second kappa shape index (κ2) is 5.05. The summed E-state index contributed by atoms with van der Waals surface area (Å²) in [6, 6.07) is 6.75. The molecule has 2 aromatic rings. The van der Waals surface area contributed by atoms with E-state index in [9.17, 15) is 10.1 Å². The first-order chi connectivity index (χ1) is 8.56. The van der Waals surface area contributed by atoms with E-state index < -0.39 is 4.92 Å². The first-order valence-corrected chi connectivity index (χ1v) is 5.59. The molecule has 1 N–H and O–H groups in total. The smallest absolute Gasteiger partial charge is 0.433 e. The molecule has 0 aliphatic heterocycles. The van der Waals surface area contributed by atoms with E-state index in [1.165, 1.54) is 6.07 Å². The SMILES string of the molecule is Cc1ccc(C(C)NCc2ccc([N+](=O)[O-])o2)o1. The third kappa shape index (κ3) is 2.78. The first-order valence-electron chi connectivity index (χ1n) is 5.59. The van der Waals surface area contributed by atoms with Crippen LogP contribution in [0.25, 0.3) is 0 Å². The molecule has 6 heteroatoms. The van der Waals surface area contributed by atoms with Gasteiger partial charge in [-0.1, -0.05) is 0 Å². The van der Waals surface area contributed by atoms with Crippen LogP contribution < -0.4 is 5.32 Å². The van der Waals surface area contributed by atoms with Crippen LogP contribution in [0.5, 0.6) is 0 Å². The average Bonchev–Trinajstić information content (AvgIpc) is 2.94. The lowest BCUT2D eigenvalue weighted by Gasteiger charge is -2.09. The molecule has 1 unspecified atom stereocenters. The summed E-state index contributed by atoms with van der Waals surface area (Å²) < 4.78 is 10.5. The third-order valence-electron chi connectivity index (χ3n) is 2.60. The maximum atomic E-state index is 10.5. The van der Waals surface area contributed by atoms with E-state index in [0.29, 0.717) is 12.3 Å². The highest BCUT2D eigenvalue weighted by Crippen LogP contribution is 2.18. The van der Waals surface area contributed by atoms with Crippen LogP contribution in [0, 0.1) is 17.0 Å². The number of aryl methyl sites for hydroxylation is 1. The second-order valence-corrected chi connectivity index (χ2v) is 4.05. The molecule has 0 bridgehead atoms. The molecule has 0 amide bonds. The van der Waals surface area contributed by atoms with Gasteiger partial charge in [0.25, 0.3) is 0 Å². The molecule has 6 nitrogen and oxygen atoms in total. The zero-order chi connectivity index (χ0) is 13.1. The average molecular weight is 250 g/mol. The lowest BCUT2D eigenvalue weighted by molar-refractivity contribution is -0.402. The van der Waals surface area contributed by atoms with Gasteiger partial charge in [0, 0.05) is 0 Å². The summed E-state index contributed by atoms with van der Waals surface area (Å²) in [7, 11) is 0. The predicted molar refractivity (Wildman–Crippen MR) is 64.1 cm³/mol. The summed E-state index contributed by atoms with van der Waals surface area (Å²) in [5.41, 5.74) is 0. The van der Waals surface area contributed by atoms with E-state index in [1.54, 1.807) is 6.07 Å². The summed E-state index contributed by atoms with van der Waals surface area (Å²) in [6.45, 7) is 4.25. The Morgan fingerprint density at radius 2 is 2.11 bits per heavy atom. The fourth-order valence-electron chi connectivity index (χ4n) is 1.60. The van der Waals surface area contributed by atoms with Crippen molar-refractivity contribution in [3.05, 3.63) is 51.7 Å². The van der Waals surface area contributed by atoms with Crippen molar-refractivity contribution in [1.29, 1.82) is 0 Å². The zero-order valence-electron chi connectivity index (χ0n) is 10.2. The van der Waals surface area contributed by atoms with Crippen molar-refractivity contribution in [1.82, 2.24) is 5.32 Å². The van der Waals surface area contributed by atoms with Crippen LogP contribution in [0.2, 0.25) is 0 Å². The van der Waals surface area contributed by atoms with Crippen molar-refractivity contribution < 1.29 is 13.8 Å². The van der Waals surface area contributed by atoms with Crippen LogP contribution in [0.15, 0.2) is 33.1 Å². The molecular formula is C12H14N2O4. The highest BCUT2D eigenvalue weighted by molar-refractivity contribution is 5.18. The topological polar surface area (TPSA) is 81.5 Å². The Hall–Kier alpha value is -2.08. The summed E-state index contributed by atoms with van der Waals surface area (Å²) in [5.74, 6) is 1.96. The number of rotatable bonds is 5. The molecule has 0 spiro atoms. The van der Waals surface area contributed by atoms with Crippen LogP contribution in [0.1, 0.15) is 30.2 Å². The van der Waals surface area contributed by atoms with Gasteiger partial charge in [0.15, 0.2) is 0 Å². The minimum absolute atomic E-state index is 0.0165. The highest BCUT2D eigenvalue weighted by Gasteiger charge is 2.13. The monoisotopic (exact) mass is 250 g/mol. The van der Waals surface area contributed by atoms with Crippen molar-refractivity contribution in [2.24, 2.45) is 0 Å². The Labute approximate surface area is 104 Å². The lowest BCUT2D eigenvalue weighted by atomic mass is 10.2. The quantitative estimate of drug-likeness (QED) is 0.651. The van der Waals surface area contributed by atoms with E-state index in [-0.39, 0.29) is 11.9 Å². The molecule has 2 heterocycles. The minimum Gasteiger partial charge on any atom is -0.465 e. The van der Waals surface area contributed by atoms with Gasteiger partial charge in [0.1, 0.15) is 22.2 Å². The fraction of sp³-hybridized carbons (Fsp3) is 0.333. The number of nitrogens with one attached hydrogen (secondary N) is 1. The van der Waals surface area contributed by atoms with Crippen LogP contribution in [-0.2, 0) is 6.54 Å². The Morgan fingerprint density at radius 3 is 2.67 bits per heavy atom. The van der Waals surface area contributed by atoms with Gasteiger partial charge >= 0.3 is 5.88 Å². The number of hydrogen-bond donors (Lipinski definition) is 1. The molecule has 2 rings (SSSR count). The Morgan fingerprint density at radius 1 is 1.33 bits per heavy atom. The maximum Gasteiger partial charge on any atom is 0.433 e. The van der Waals surface area contributed by atoms with Crippen molar-refractivity contribution in [3.63, 3.8) is 0 Å². The van der Waals surface area contributed by atoms with E-state index >= 15 is 0 Å². The molecule has 0 aromatic carbocycles. The first kappa shape index (κ1) is 12.4. The molecule has 0 fully saturated rings. The normalized spacial score (nSPS) is 12.6. The summed E-state index contributed by atoms with van der Waals surface area (Å²) in [5, 5.41) is 13.6. The molecule has 96 valence electrons. The minimum atomic E-state index is -0.553. The highest BCUT2D eigenvalue weighted by atomic mass is 16.6. The summed E-state index contributed by atoms with van der Waals surface area (Å²) >= 11 is 0. The van der Waals surface area contributed by atoms with E-state index in [4.69, 9.17) is 8.83 Å². The fourth-order valence-corrected chi connectivity index (χ4v) is 1.60. The molecule has 0 saturated heterocycles. The standard InChI is InChI=1S/C12H14N2O4/c1-8-3-5-11(17-8)9(2)13-7-10-4-6-12(18-10)14(15)16/h3-6,9,13H,7H2,1-2H3. The van der Waals surface area contributed by atoms with Gasteiger partial charge in [-0.2, -0.15) is 0 Å². The molecule has 0 radical (unpaired) electrons. The van der Waals surface area contributed by atoms with Crippen molar-refractivity contribution >= 4 is 5.88 Å². The van der Waals surface area contributed by atoms with E-state index in [1.807, 2.05) is 26.0 Å². The molecule has 0 aliphatic rings. The molecule has 0 aliphatic carbocycles. The molecule has 2 aromatic heterocycles. The van der Waals surface area contributed by atoms with Gasteiger partial charge in [-0.25, -0.2) is 0 Å². The third-order valence-corrected chi connectivity index (χ3v) is 2.60. The van der Waals surface area contributed by atoms with Gasteiger partial charge in [-0.15, -0.1) is 0 Å². The molecule has 1 atom stereocenters. The molecular weight excluding hydrogens is 236 g/mol. The Bertz CT molecular complexity index is 544. The maximum absolute atomic E-state index is 10.5. The second-order valence-electron chi connectivity index (χ2n) is 4.05. The van der Waals surface area contributed by atoms with Crippen LogP contribution >= 0.6 is 0 Å². The van der Waals surface area contributed by atoms with Crippen LogP contribution in [0.4, 0.5) is 5.88 Å². The number of furan rings is 2. The van der Waals surface area contributed by atoms with Gasteiger partial charge in [0.05, 0.1) is 18.7 Å². The lowest BCUT2D eigenvalue weighted by Crippen LogP contribution is -2.17. The molecule has 18 heavy (non-hydrogen) atoms. The van der Waals surface area contributed by atoms with Gasteiger partial charge in [0.2, 0.25) is 0 Å². The van der Waals surface area contributed by atoms with Crippen molar-refractivity contribution in [3.8, 4) is 0 Å². The molecule has 0 saturated carbocycles. The zero-order valence-corrected chi connectivity index (χ0v) is 10.2. The Balaban J connectivity index is 1.92. The predicted octanol–water partition coefficient (Wildman–Crippen LogP) is 2.94. The van der Waals surface area contributed by atoms with Crippen molar-refractivity contribution in [2.75, 3.05) is 0 Å². The van der Waals surface area contributed by atoms with Gasteiger partial charge < -0.3 is 14.2 Å². The number of nitrogens with zero attached hydrogens (tertiary/aromatic N) is 1. The van der Waals surface area contributed by atoms with Crippen LogP contribution in [0.3, 0.4) is 0 Å². The van der Waals surface area contributed by atoms with Crippen molar-refractivity contribution in [2.45, 2.75) is 26.4 Å². The number of hydrogen-bond acceptors (Lipinski definition) is 5. The Kier molecular flexibility index (Phi) is 3.47. The van der Waals surface area contributed by atoms with E-state index in [2.05, 4.69) is 5.32 Å². The van der Waals surface area contributed by atoms with Gasteiger partial charge in [-0.3, -0.25) is 10.1 Å². The van der Waals surface area contributed by atoms with Gasteiger partial charge in [-0.05, 0) is 32.0 Å². The van der Waals surface area contributed by atoms with E-state index in [0.717, 1.165) is 11.5 Å². The van der Waals surface area contributed by atoms with Crippen LogP contribution in [-0.4, -0.2) is 4.92 Å². The summed E-state index contributed by atoms with van der Waals surface area (Å²) in [6.07, 6.45) is 0. The number of nitro groups is 1.